The molecule has 4 nitrogen and oxygen atoms in total. The van der Waals surface area contributed by atoms with Crippen molar-refractivity contribution in [3.8, 4) is 0 Å². The average molecular weight is 271 g/mol. The van der Waals surface area contributed by atoms with Gasteiger partial charge in [-0.15, -0.1) is 0 Å². The molecule has 1 aromatic carbocycles. The molecule has 2 aromatic rings. The standard InChI is InChI=1S/C16H21N3O/c1-2-14(16(20)13-6-4-3-5-7-13)19-11-10-18-9-8-17-15(18)12-19/h3-9,14,16,20H,2,10-12H2,1H3. The van der Waals surface area contributed by atoms with E-state index in [2.05, 4.69) is 21.4 Å². The van der Waals surface area contributed by atoms with Crippen LogP contribution in [0.1, 0.15) is 30.8 Å². The van der Waals surface area contributed by atoms with Crippen LogP contribution in [0.3, 0.4) is 0 Å². The van der Waals surface area contributed by atoms with Gasteiger partial charge in [0, 0.05) is 31.5 Å². The van der Waals surface area contributed by atoms with Crippen LogP contribution in [0.4, 0.5) is 0 Å². The van der Waals surface area contributed by atoms with Crippen molar-refractivity contribution in [3.05, 3.63) is 54.1 Å². The zero-order chi connectivity index (χ0) is 13.9. The summed E-state index contributed by atoms with van der Waals surface area (Å²) >= 11 is 0. The fourth-order valence-corrected chi connectivity index (χ4v) is 3.03. The second kappa shape index (κ2) is 5.77. The predicted molar refractivity (Wildman–Crippen MR) is 78.1 cm³/mol. The molecule has 4 heteroatoms. The van der Waals surface area contributed by atoms with E-state index in [4.69, 9.17) is 0 Å². The first-order valence-electron chi connectivity index (χ1n) is 7.26. The topological polar surface area (TPSA) is 41.3 Å². The van der Waals surface area contributed by atoms with Crippen molar-refractivity contribution in [3.63, 3.8) is 0 Å². The molecule has 2 unspecified atom stereocenters. The third-order valence-corrected chi connectivity index (χ3v) is 4.17. The van der Waals surface area contributed by atoms with E-state index in [0.29, 0.717) is 0 Å². The summed E-state index contributed by atoms with van der Waals surface area (Å²) in [6, 6.07) is 10.1. The minimum Gasteiger partial charge on any atom is -0.387 e. The van der Waals surface area contributed by atoms with Crippen molar-refractivity contribution < 1.29 is 5.11 Å². The SMILES string of the molecule is CCC(C(O)c1ccccc1)N1CCn2ccnc2C1. The third-order valence-electron chi connectivity index (χ3n) is 4.17. The Morgan fingerprint density at radius 1 is 1.25 bits per heavy atom. The maximum absolute atomic E-state index is 10.7. The van der Waals surface area contributed by atoms with Crippen molar-refractivity contribution in [2.45, 2.75) is 38.6 Å². The molecule has 0 saturated carbocycles. The van der Waals surface area contributed by atoms with Gasteiger partial charge in [-0.25, -0.2) is 4.98 Å². The van der Waals surface area contributed by atoms with Crippen molar-refractivity contribution in [1.29, 1.82) is 0 Å². The number of hydrogen-bond acceptors (Lipinski definition) is 3. The van der Waals surface area contributed by atoms with E-state index in [1.165, 1.54) is 0 Å². The van der Waals surface area contributed by atoms with Gasteiger partial charge in [-0.3, -0.25) is 4.90 Å². The van der Waals surface area contributed by atoms with Crippen LogP contribution in [-0.2, 0) is 13.1 Å². The molecular formula is C16H21N3O. The molecule has 0 aliphatic carbocycles. The number of nitrogens with zero attached hydrogens (tertiary/aromatic N) is 3. The molecule has 3 rings (SSSR count). The Labute approximate surface area is 119 Å². The van der Waals surface area contributed by atoms with Gasteiger partial charge in [0.1, 0.15) is 5.82 Å². The summed E-state index contributed by atoms with van der Waals surface area (Å²) in [5.41, 5.74) is 0.994. The molecule has 106 valence electrons. The molecule has 2 heterocycles. The van der Waals surface area contributed by atoms with Crippen LogP contribution in [0.15, 0.2) is 42.7 Å². The van der Waals surface area contributed by atoms with Gasteiger partial charge in [-0.1, -0.05) is 37.3 Å². The van der Waals surface area contributed by atoms with Crippen LogP contribution >= 0.6 is 0 Å². The highest BCUT2D eigenvalue weighted by Gasteiger charge is 2.28. The fourth-order valence-electron chi connectivity index (χ4n) is 3.03. The van der Waals surface area contributed by atoms with Crippen LogP contribution < -0.4 is 0 Å². The van der Waals surface area contributed by atoms with Gasteiger partial charge in [0.2, 0.25) is 0 Å². The average Bonchev–Trinajstić information content (AvgIpc) is 2.96. The van der Waals surface area contributed by atoms with Gasteiger partial charge in [0.25, 0.3) is 0 Å². The smallest absolute Gasteiger partial charge is 0.122 e. The summed E-state index contributed by atoms with van der Waals surface area (Å²) in [4.78, 5) is 6.74. The Bertz CT molecular complexity index is 552. The van der Waals surface area contributed by atoms with Crippen molar-refractivity contribution in [1.82, 2.24) is 14.5 Å². The summed E-state index contributed by atoms with van der Waals surface area (Å²) in [5, 5.41) is 10.7. The zero-order valence-electron chi connectivity index (χ0n) is 11.8. The molecule has 1 aliphatic rings. The molecule has 20 heavy (non-hydrogen) atoms. The molecule has 1 aliphatic heterocycles. The molecule has 1 aromatic heterocycles. The second-order valence-corrected chi connectivity index (χ2v) is 5.34. The molecule has 1 N–H and O–H groups in total. The highest BCUT2D eigenvalue weighted by Crippen LogP contribution is 2.26. The van der Waals surface area contributed by atoms with E-state index >= 15 is 0 Å². The van der Waals surface area contributed by atoms with Gasteiger partial charge in [-0.05, 0) is 12.0 Å². The summed E-state index contributed by atoms with van der Waals surface area (Å²) in [7, 11) is 0. The zero-order valence-corrected chi connectivity index (χ0v) is 11.8. The number of aliphatic hydroxyl groups is 1. The van der Waals surface area contributed by atoms with E-state index in [1.807, 2.05) is 42.7 Å². The van der Waals surface area contributed by atoms with Gasteiger partial charge < -0.3 is 9.67 Å². The molecule has 0 amide bonds. The second-order valence-electron chi connectivity index (χ2n) is 5.34. The highest BCUT2D eigenvalue weighted by atomic mass is 16.3. The first kappa shape index (κ1) is 13.3. The van der Waals surface area contributed by atoms with E-state index in [0.717, 1.165) is 37.4 Å². The fraction of sp³-hybridized carbons (Fsp3) is 0.438. The first-order valence-corrected chi connectivity index (χ1v) is 7.26. The number of rotatable bonds is 4. The summed E-state index contributed by atoms with van der Waals surface area (Å²) < 4.78 is 2.19. The number of aromatic nitrogens is 2. The lowest BCUT2D eigenvalue weighted by Gasteiger charge is -2.37. The molecule has 0 fully saturated rings. The lowest BCUT2D eigenvalue weighted by atomic mass is 9.98. The maximum atomic E-state index is 10.7. The van der Waals surface area contributed by atoms with Gasteiger partial charge in [0.05, 0.1) is 12.6 Å². The van der Waals surface area contributed by atoms with Gasteiger partial charge in [-0.2, -0.15) is 0 Å². The molecule has 0 saturated heterocycles. The number of benzene rings is 1. The number of imidazole rings is 1. The van der Waals surface area contributed by atoms with Crippen LogP contribution in [0.25, 0.3) is 0 Å². The number of aliphatic hydroxyl groups excluding tert-OH is 1. The Morgan fingerprint density at radius 2 is 2.05 bits per heavy atom. The van der Waals surface area contributed by atoms with E-state index in [-0.39, 0.29) is 6.04 Å². The Kier molecular flexibility index (Phi) is 3.85. The van der Waals surface area contributed by atoms with Gasteiger partial charge >= 0.3 is 0 Å². The Morgan fingerprint density at radius 3 is 2.80 bits per heavy atom. The predicted octanol–water partition coefficient (Wildman–Crippen LogP) is 2.21. The van der Waals surface area contributed by atoms with Crippen LogP contribution in [-0.4, -0.2) is 32.1 Å². The molecule has 0 radical (unpaired) electrons. The van der Waals surface area contributed by atoms with Crippen molar-refractivity contribution in [2.24, 2.45) is 0 Å². The molecular weight excluding hydrogens is 250 g/mol. The van der Waals surface area contributed by atoms with Gasteiger partial charge in [0.15, 0.2) is 0 Å². The quantitative estimate of drug-likeness (QED) is 0.927. The Balaban J connectivity index is 1.77. The van der Waals surface area contributed by atoms with E-state index in [9.17, 15) is 5.11 Å². The summed E-state index contributed by atoms with van der Waals surface area (Å²) in [6.07, 6.45) is 4.37. The van der Waals surface area contributed by atoms with E-state index in [1.54, 1.807) is 0 Å². The summed E-state index contributed by atoms with van der Waals surface area (Å²) in [6.45, 7) is 4.87. The minimum atomic E-state index is -0.442. The van der Waals surface area contributed by atoms with Crippen molar-refractivity contribution in [2.75, 3.05) is 6.54 Å². The minimum absolute atomic E-state index is 0.142. The highest BCUT2D eigenvalue weighted by molar-refractivity contribution is 5.19. The molecule has 0 bridgehead atoms. The third kappa shape index (κ3) is 2.49. The van der Waals surface area contributed by atoms with Crippen LogP contribution in [0.2, 0.25) is 0 Å². The normalized spacial score (nSPS) is 18.5. The molecule has 0 spiro atoms. The maximum Gasteiger partial charge on any atom is 0.122 e. The lowest BCUT2D eigenvalue weighted by Crippen LogP contribution is -2.44. The van der Waals surface area contributed by atoms with Crippen LogP contribution in [0.5, 0.6) is 0 Å². The number of fused-ring (bicyclic) bond motifs is 1. The monoisotopic (exact) mass is 271 g/mol. The van der Waals surface area contributed by atoms with E-state index < -0.39 is 6.10 Å². The Hall–Kier alpha value is -1.65. The lowest BCUT2D eigenvalue weighted by molar-refractivity contribution is 0.0297. The first-order chi connectivity index (χ1) is 9.79. The molecule has 2 atom stereocenters. The summed E-state index contributed by atoms with van der Waals surface area (Å²) in [5.74, 6) is 1.09. The number of hydrogen-bond donors (Lipinski definition) is 1. The van der Waals surface area contributed by atoms with Crippen molar-refractivity contribution >= 4 is 0 Å². The van der Waals surface area contributed by atoms with Crippen LogP contribution in [0, 0.1) is 0 Å². The largest absolute Gasteiger partial charge is 0.387 e.